The van der Waals surface area contributed by atoms with E-state index in [0.717, 1.165) is 54.0 Å². The number of nitrogens with one attached hydrogen (secondary N) is 1. The van der Waals surface area contributed by atoms with E-state index in [1.54, 1.807) is 6.20 Å². The van der Waals surface area contributed by atoms with Gasteiger partial charge in [-0.3, -0.25) is 14.8 Å². The molecule has 6 heteroatoms. The van der Waals surface area contributed by atoms with E-state index >= 15 is 0 Å². The van der Waals surface area contributed by atoms with Crippen LogP contribution >= 0.6 is 0 Å². The maximum absolute atomic E-state index is 12.4. The van der Waals surface area contributed by atoms with Gasteiger partial charge >= 0.3 is 0 Å². The largest absolute Gasteiger partial charge is 0.352 e. The van der Waals surface area contributed by atoms with Crippen LogP contribution in [0.2, 0.25) is 0 Å². The normalized spacial score (nSPS) is 18.5. The lowest BCUT2D eigenvalue weighted by Crippen LogP contribution is -2.31. The lowest BCUT2D eigenvalue weighted by atomic mass is 9.79. The fourth-order valence-electron chi connectivity index (χ4n) is 4.33. The summed E-state index contributed by atoms with van der Waals surface area (Å²) in [5.74, 6) is 2.05. The molecule has 0 aliphatic heterocycles. The molecule has 1 N–H and O–H groups in total. The van der Waals surface area contributed by atoms with Crippen molar-refractivity contribution in [1.82, 2.24) is 25.3 Å². The van der Waals surface area contributed by atoms with Gasteiger partial charge in [-0.25, -0.2) is 9.97 Å². The van der Waals surface area contributed by atoms with Crippen molar-refractivity contribution in [1.29, 1.82) is 0 Å². The van der Waals surface area contributed by atoms with Crippen LogP contribution in [0.25, 0.3) is 11.1 Å². The van der Waals surface area contributed by atoms with Gasteiger partial charge in [0.05, 0.1) is 11.3 Å². The van der Waals surface area contributed by atoms with E-state index in [0.29, 0.717) is 29.9 Å². The average Bonchev–Trinajstić information content (AvgIpc) is 2.83. The van der Waals surface area contributed by atoms with Gasteiger partial charge in [-0.1, -0.05) is 13.8 Å². The molecule has 4 rings (SSSR count). The third-order valence-electron chi connectivity index (χ3n) is 6.30. The minimum atomic E-state index is -0.0445. The fourth-order valence-corrected chi connectivity index (χ4v) is 4.33. The molecule has 3 heterocycles. The Kier molecular flexibility index (Phi) is 6.88. The molecule has 0 atom stereocenters. The molecular weight excluding hydrogens is 398 g/mol. The van der Waals surface area contributed by atoms with E-state index in [4.69, 9.17) is 4.98 Å². The smallest absolute Gasteiger partial charge is 0.252 e. The summed E-state index contributed by atoms with van der Waals surface area (Å²) >= 11 is 0. The Morgan fingerprint density at radius 2 is 1.78 bits per heavy atom. The Labute approximate surface area is 190 Å². The van der Waals surface area contributed by atoms with Gasteiger partial charge in [-0.15, -0.1) is 0 Å². The molecular formula is C26H31N5O. The molecule has 1 saturated carbocycles. The van der Waals surface area contributed by atoms with Gasteiger partial charge in [0.2, 0.25) is 0 Å². The van der Waals surface area contributed by atoms with Crippen molar-refractivity contribution < 1.29 is 4.79 Å². The summed E-state index contributed by atoms with van der Waals surface area (Å²) in [5.41, 5.74) is 4.92. The lowest BCUT2D eigenvalue weighted by molar-refractivity contribution is 0.0942. The Morgan fingerprint density at radius 3 is 2.44 bits per heavy atom. The molecule has 6 nitrogen and oxygen atoms in total. The van der Waals surface area contributed by atoms with Gasteiger partial charge in [0.15, 0.2) is 0 Å². The van der Waals surface area contributed by atoms with Crippen molar-refractivity contribution >= 4 is 5.91 Å². The number of hydrogen-bond donors (Lipinski definition) is 1. The second kappa shape index (κ2) is 9.98. The monoisotopic (exact) mass is 429 g/mol. The number of aryl methyl sites for hydroxylation is 1. The number of carbonyl (C=O) groups excluding carboxylic acids is 1. The van der Waals surface area contributed by atoms with Gasteiger partial charge in [0.1, 0.15) is 5.82 Å². The maximum atomic E-state index is 12.4. The Balaban J connectivity index is 1.42. The van der Waals surface area contributed by atoms with Gasteiger partial charge in [-0.05, 0) is 68.4 Å². The Hall–Kier alpha value is -3.15. The van der Waals surface area contributed by atoms with E-state index in [2.05, 4.69) is 34.1 Å². The van der Waals surface area contributed by atoms with E-state index in [-0.39, 0.29) is 5.91 Å². The molecule has 0 bridgehead atoms. The summed E-state index contributed by atoms with van der Waals surface area (Å²) in [6.07, 6.45) is 11.6. The zero-order chi connectivity index (χ0) is 22.5. The van der Waals surface area contributed by atoms with Crippen LogP contribution in [-0.4, -0.2) is 32.4 Å². The first-order chi connectivity index (χ1) is 15.5. The number of nitrogens with zero attached hydrogens (tertiary/aromatic N) is 4. The Bertz CT molecular complexity index is 1040. The summed E-state index contributed by atoms with van der Waals surface area (Å²) in [7, 11) is 0. The van der Waals surface area contributed by atoms with Crippen molar-refractivity contribution in [2.75, 3.05) is 6.54 Å². The quantitative estimate of drug-likeness (QED) is 0.592. The van der Waals surface area contributed by atoms with Crippen molar-refractivity contribution in [3.63, 3.8) is 0 Å². The summed E-state index contributed by atoms with van der Waals surface area (Å²) in [5, 5.41) is 3.09. The highest BCUT2D eigenvalue weighted by molar-refractivity contribution is 5.93. The molecule has 32 heavy (non-hydrogen) atoms. The molecule has 1 aliphatic rings. The van der Waals surface area contributed by atoms with Gasteiger partial charge in [0.25, 0.3) is 5.91 Å². The second-order valence-corrected chi connectivity index (χ2v) is 9.03. The average molecular weight is 430 g/mol. The number of carbonyl (C=O) groups is 1. The van der Waals surface area contributed by atoms with Crippen LogP contribution < -0.4 is 5.32 Å². The number of rotatable bonds is 6. The van der Waals surface area contributed by atoms with Crippen molar-refractivity contribution in [3.05, 3.63) is 71.8 Å². The first-order valence-corrected chi connectivity index (χ1v) is 11.5. The molecule has 0 aromatic carbocycles. The first kappa shape index (κ1) is 22.1. The molecule has 1 aliphatic carbocycles. The standard InChI is InChI=1S/C26H31N5O/c1-17(2)25-29-16-23(20-10-12-27-13-11-20)24(31-25)21-8-5-19(6-9-21)14-30-26(32)22-7-4-18(3)28-15-22/h4,7,10-13,15-17,19,21H,5-6,8-9,14H2,1-3H3,(H,30,32). The number of hydrogen-bond acceptors (Lipinski definition) is 5. The minimum absolute atomic E-state index is 0.0445. The SMILES string of the molecule is Cc1ccc(C(=O)NCC2CCC(c3nc(C(C)C)ncc3-c3ccncc3)CC2)cn1. The fraction of sp³-hybridized carbons (Fsp3) is 0.423. The zero-order valence-corrected chi connectivity index (χ0v) is 19.1. The van der Waals surface area contributed by atoms with Crippen LogP contribution in [0.5, 0.6) is 0 Å². The predicted octanol–water partition coefficient (Wildman–Crippen LogP) is 5.07. The number of aromatic nitrogens is 4. The van der Waals surface area contributed by atoms with Gasteiger partial charge in [-0.2, -0.15) is 0 Å². The highest BCUT2D eigenvalue weighted by Gasteiger charge is 2.27. The molecule has 1 fully saturated rings. The predicted molar refractivity (Wildman–Crippen MR) is 125 cm³/mol. The van der Waals surface area contributed by atoms with Crippen LogP contribution in [-0.2, 0) is 0 Å². The molecule has 0 unspecified atom stereocenters. The molecule has 166 valence electrons. The molecule has 0 spiro atoms. The van der Waals surface area contributed by atoms with Crippen molar-refractivity contribution in [2.24, 2.45) is 5.92 Å². The highest BCUT2D eigenvalue weighted by atomic mass is 16.1. The third kappa shape index (κ3) is 5.18. The van der Waals surface area contributed by atoms with Crippen molar-refractivity contribution in [2.45, 2.75) is 58.3 Å². The molecule has 1 amide bonds. The van der Waals surface area contributed by atoms with Gasteiger partial charge < -0.3 is 5.32 Å². The number of amides is 1. The molecule has 0 radical (unpaired) electrons. The topological polar surface area (TPSA) is 80.7 Å². The van der Waals surface area contributed by atoms with E-state index < -0.39 is 0 Å². The first-order valence-electron chi connectivity index (χ1n) is 11.5. The minimum Gasteiger partial charge on any atom is -0.352 e. The van der Waals surface area contributed by atoms with E-state index in [9.17, 15) is 4.79 Å². The van der Waals surface area contributed by atoms with Crippen LogP contribution in [0.15, 0.2) is 49.1 Å². The summed E-state index contributed by atoms with van der Waals surface area (Å²) in [4.78, 5) is 30.4. The Morgan fingerprint density at radius 1 is 1.03 bits per heavy atom. The third-order valence-corrected chi connectivity index (χ3v) is 6.30. The van der Waals surface area contributed by atoms with E-state index in [1.165, 1.54) is 0 Å². The molecule has 3 aromatic rings. The lowest BCUT2D eigenvalue weighted by Gasteiger charge is -2.29. The summed E-state index contributed by atoms with van der Waals surface area (Å²) in [6.45, 7) is 6.89. The van der Waals surface area contributed by atoms with Gasteiger partial charge in [0, 0.05) is 54.4 Å². The van der Waals surface area contributed by atoms with E-state index in [1.807, 2.05) is 49.8 Å². The molecule has 3 aromatic heterocycles. The zero-order valence-electron chi connectivity index (χ0n) is 19.1. The second-order valence-electron chi connectivity index (χ2n) is 9.03. The maximum Gasteiger partial charge on any atom is 0.252 e. The van der Waals surface area contributed by atoms with Crippen LogP contribution in [0.4, 0.5) is 0 Å². The van der Waals surface area contributed by atoms with Crippen LogP contribution in [0.1, 0.15) is 78.9 Å². The molecule has 0 saturated heterocycles. The van der Waals surface area contributed by atoms with Crippen LogP contribution in [0, 0.1) is 12.8 Å². The summed E-state index contributed by atoms with van der Waals surface area (Å²) < 4.78 is 0. The van der Waals surface area contributed by atoms with Crippen LogP contribution in [0.3, 0.4) is 0 Å². The number of pyridine rings is 2. The van der Waals surface area contributed by atoms with Crippen molar-refractivity contribution in [3.8, 4) is 11.1 Å². The highest BCUT2D eigenvalue weighted by Crippen LogP contribution is 2.39. The summed E-state index contributed by atoms with van der Waals surface area (Å²) in [6, 6.07) is 7.75.